The highest BCUT2D eigenvalue weighted by atomic mass is 15.0. The van der Waals surface area contributed by atoms with E-state index in [9.17, 15) is 0 Å². The highest BCUT2D eigenvalue weighted by Crippen LogP contribution is 2.32. The topological polar surface area (TPSA) is 12.0 Å². The largest absolute Gasteiger partial charge is 0.307 e. The lowest BCUT2D eigenvalue weighted by atomic mass is 9.82. The summed E-state index contributed by atoms with van der Waals surface area (Å²) in [5, 5.41) is 4.02. The van der Waals surface area contributed by atoms with E-state index < -0.39 is 0 Å². The summed E-state index contributed by atoms with van der Waals surface area (Å²) >= 11 is 0. The van der Waals surface area contributed by atoms with Crippen molar-refractivity contribution in [2.24, 2.45) is 11.8 Å². The van der Waals surface area contributed by atoms with Crippen LogP contribution < -0.4 is 5.32 Å². The molecule has 0 saturated heterocycles. The van der Waals surface area contributed by atoms with Gasteiger partial charge in [0.05, 0.1) is 0 Å². The normalized spacial score (nSPS) is 24.2. The van der Waals surface area contributed by atoms with Gasteiger partial charge in [0.1, 0.15) is 0 Å². The predicted octanol–water partition coefficient (Wildman–Crippen LogP) is 5.72. The van der Waals surface area contributed by atoms with Crippen LogP contribution in [0.5, 0.6) is 0 Å². The number of nitrogens with one attached hydrogen (secondary N) is 1. The quantitative estimate of drug-likeness (QED) is 0.676. The standard InChI is InChI=1S/C20H33N/c1-4-16-12-14-19(15-13-16)21-20(17(5-2)6-3)18-10-8-7-9-11-18/h7-11,16-17,19-21H,4-6,12-15H2,1-3H3. The average molecular weight is 287 g/mol. The summed E-state index contributed by atoms with van der Waals surface area (Å²) in [7, 11) is 0. The van der Waals surface area contributed by atoms with Crippen molar-refractivity contribution >= 4 is 0 Å². The van der Waals surface area contributed by atoms with Crippen molar-refractivity contribution in [2.75, 3.05) is 0 Å². The van der Waals surface area contributed by atoms with Gasteiger partial charge in [0.2, 0.25) is 0 Å². The number of benzene rings is 1. The second kappa shape index (κ2) is 8.58. The van der Waals surface area contributed by atoms with Gasteiger partial charge in [-0.15, -0.1) is 0 Å². The molecule has 0 spiro atoms. The molecular weight excluding hydrogens is 254 g/mol. The molecule has 1 nitrogen and oxygen atoms in total. The van der Waals surface area contributed by atoms with Crippen molar-refractivity contribution in [3.63, 3.8) is 0 Å². The first-order chi connectivity index (χ1) is 10.3. The second-order valence-electron chi connectivity index (χ2n) is 6.76. The van der Waals surface area contributed by atoms with Gasteiger partial charge >= 0.3 is 0 Å². The lowest BCUT2D eigenvalue weighted by molar-refractivity contribution is 0.236. The molecule has 2 rings (SSSR count). The van der Waals surface area contributed by atoms with E-state index >= 15 is 0 Å². The predicted molar refractivity (Wildman–Crippen MR) is 92.4 cm³/mol. The maximum atomic E-state index is 4.02. The minimum absolute atomic E-state index is 0.532. The maximum Gasteiger partial charge on any atom is 0.0350 e. The van der Waals surface area contributed by atoms with Gasteiger partial charge in [-0.1, -0.05) is 70.4 Å². The molecule has 1 aliphatic carbocycles. The Bertz CT molecular complexity index is 374. The van der Waals surface area contributed by atoms with Crippen LogP contribution in [0.15, 0.2) is 30.3 Å². The van der Waals surface area contributed by atoms with E-state index in [-0.39, 0.29) is 0 Å². The maximum absolute atomic E-state index is 4.02. The Kier molecular flexibility index (Phi) is 6.76. The molecule has 118 valence electrons. The van der Waals surface area contributed by atoms with Crippen molar-refractivity contribution in [1.82, 2.24) is 5.32 Å². The van der Waals surface area contributed by atoms with E-state index in [1.807, 2.05) is 0 Å². The van der Waals surface area contributed by atoms with Crippen LogP contribution in [0.3, 0.4) is 0 Å². The second-order valence-corrected chi connectivity index (χ2v) is 6.76. The average Bonchev–Trinajstić information content (AvgIpc) is 2.56. The SMILES string of the molecule is CCC1CCC(NC(c2ccccc2)C(CC)CC)CC1. The molecule has 0 radical (unpaired) electrons. The molecule has 1 saturated carbocycles. The monoisotopic (exact) mass is 287 g/mol. The fourth-order valence-electron chi connectivity index (χ4n) is 3.92. The van der Waals surface area contributed by atoms with Gasteiger partial charge in [0, 0.05) is 12.1 Å². The molecular formula is C20H33N. The highest BCUT2D eigenvalue weighted by molar-refractivity contribution is 5.20. The van der Waals surface area contributed by atoms with Gasteiger partial charge in [-0.3, -0.25) is 0 Å². The van der Waals surface area contributed by atoms with Crippen LogP contribution in [-0.4, -0.2) is 6.04 Å². The molecule has 0 amide bonds. The molecule has 0 bridgehead atoms. The van der Waals surface area contributed by atoms with E-state index in [4.69, 9.17) is 0 Å². The van der Waals surface area contributed by atoms with Crippen LogP contribution >= 0.6 is 0 Å². The van der Waals surface area contributed by atoms with Crippen molar-refractivity contribution in [3.05, 3.63) is 35.9 Å². The van der Waals surface area contributed by atoms with Gasteiger partial charge in [0.25, 0.3) is 0 Å². The van der Waals surface area contributed by atoms with Crippen LogP contribution in [0.1, 0.15) is 77.3 Å². The Morgan fingerprint density at radius 3 is 2.10 bits per heavy atom. The van der Waals surface area contributed by atoms with Crippen LogP contribution in [-0.2, 0) is 0 Å². The molecule has 0 heterocycles. The zero-order chi connectivity index (χ0) is 15.1. The third-order valence-corrected chi connectivity index (χ3v) is 5.52. The fraction of sp³-hybridized carbons (Fsp3) is 0.700. The minimum atomic E-state index is 0.532. The van der Waals surface area contributed by atoms with Gasteiger partial charge in [-0.25, -0.2) is 0 Å². The number of rotatable bonds is 7. The molecule has 1 aliphatic rings. The Morgan fingerprint density at radius 1 is 0.952 bits per heavy atom. The molecule has 1 aromatic carbocycles. The molecule has 1 atom stereocenters. The first-order valence-corrected chi connectivity index (χ1v) is 9.09. The summed E-state index contributed by atoms with van der Waals surface area (Å²) in [5.41, 5.74) is 1.48. The summed E-state index contributed by atoms with van der Waals surface area (Å²) in [4.78, 5) is 0. The Labute approximate surface area is 131 Å². The lowest BCUT2D eigenvalue weighted by Gasteiger charge is -2.35. The molecule has 1 heteroatoms. The van der Waals surface area contributed by atoms with Crippen molar-refractivity contribution < 1.29 is 0 Å². The number of hydrogen-bond acceptors (Lipinski definition) is 1. The summed E-state index contributed by atoms with van der Waals surface area (Å²) < 4.78 is 0. The zero-order valence-electron chi connectivity index (χ0n) is 14.1. The highest BCUT2D eigenvalue weighted by Gasteiger charge is 2.26. The van der Waals surface area contributed by atoms with Crippen LogP contribution in [0.25, 0.3) is 0 Å². The summed E-state index contributed by atoms with van der Waals surface area (Å²) in [6, 6.07) is 12.3. The molecule has 1 N–H and O–H groups in total. The molecule has 0 aliphatic heterocycles. The smallest absolute Gasteiger partial charge is 0.0350 e. The molecule has 21 heavy (non-hydrogen) atoms. The van der Waals surface area contributed by atoms with Gasteiger partial charge in [-0.2, -0.15) is 0 Å². The minimum Gasteiger partial charge on any atom is -0.307 e. The van der Waals surface area contributed by atoms with Crippen molar-refractivity contribution in [2.45, 2.75) is 77.8 Å². The molecule has 1 aromatic rings. The molecule has 1 unspecified atom stereocenters. The van der Waals surface area contributed by atoms with Gasteiger partial charge in [-0.05, 0) is 43.1 Å². The Balaban J connectivity index is 2.03. The first-order valence-electron chi connectivity index (χ1n) is 9.09. The van der Waals surface area contributed by atoms with Crippen LogP contribution in [0.2, 0.25) is 0 Å². The zero-order valence-corrected chi connectivity index (χ0v) is 14.1. The molecule has 0 aromatic heterocycles. The first kappa shape index (κ1) is 16.5. The Hall–Kier alpha value is -0.820. The van der Waals surface area contributed by atoms with Crippen LogP contribution in [0.4, 0.5) is 0 Å². The third-order valence-electron chi connectivity index (χ3n) is 5.52. The Morgan fingerprint density at radius 2 is 1.57 bits per heavy atom. The molecule has 1 fully saturated rings. The number of hydrogen-bond donors (Lipinski definition) is 1. The van der Waals surface area contributed by atoms with E-state index in [2.05, 4.69) is 56.4 Å². The third kappa shape index (κ3) is 4.57. The van der Waals surface area contributed by atoms with E-state index in [0.29, 0.717) is 6.04 Å². The van der Waals surface area contributed by atoms with E-state index in [1.54, 1.807) is 0 Å². The van der Waals surface area contributed by atoms with Gasteiger partial charge < -0.3 is 5.32 Å². The van der Waals surface area contributed by atoms with E-state index in [0.717, 1.165) is 17.9 Å². The van der Waals surface area contributed by atoms with Crippen LogP contribution in [0, 0.1) is 11.8 Å². The summed E-state index contributed by atoms with van der Waals surface area (Å²) in [5.74, 6) is 1.72. The lowest BCUT2D eigenvalue weighted by Crippen LogP contribution is -2.39. The van der Waals surface area contributed by atoms with Crippen molar-refractivity contribution in [3.8, 4) is 0 Å². The van der Waals surface area contributed by atoms with Crippen molar-refractivity contribution in [1.29, 1.82) is 0 Å². The fourth-order valence-corrected chi connectivity index (χ4v) is 3.92. The summed E-state index contributed by atoms with van der Waals surface area (Å²) in [6.07, 6.45) is 9.43. The van der Waals surface area contributed by atoms with Gasteiger partial charge in [0.15, 0.2) is 0 Å². The van der Waals surface area contributed by atoms with E-state index in [1.165, 1.54) is 50.5 Å². The summed E-state index contributed by atoms with van der Waals surface area (Å²) in [6.45, 7) is 7.01.